The summed E-state index contributed by atoms with van der Waals surface area (Å²) < 4.78 is 13.1. The fraction of sp³-hybridized carbons (Fsp3) is 0.571. The van der Waals surface area contributed by atoms with Crippen molar-refractivity contribution in [3.05, 3.63) is 41.7 Å². The van der Waals surface area contributed by atoms with E-state index in [1.54, 1.807) is 0 Å². The lowest BCUT2D eigenvalue weighted by molar-refractivity contribution is -0.129. The SMILES string of the molecule is O=C(C1=CCCC1)N1CCC[C@@H](N2CCN(c3ccc(F)cc3)CC2)C1. The average Bonchev–Trinajstić information content (AvgIpc) is 3.23. The normalized spacial score (nSPS) is 24.7. The van der Waals surface area contributed by atoms with Crippen LogP contribution in [0.5, 0.6) is 0 Å². The van der Waals surface area contributed by atoms with Gasteiger partial charge in [-0.3, -0.25) is 9.69 Å². The third-order valence-electron chi connectivity index (χ3n) is 6.02. The Bertz CT molecular complexity index is 664. The van der Waals surface area contributed by atoms with Crippen LogP contribution in [0, 0.1) is 5.82 Å². The molecule has 2 aliphatic heterocycles. The summed E-state index contributed by atoms with van der Waals surface area (Å²) >= 11 is 0. The number of allylic oxidation sites excluding steroid dienone is 1. The summed E-state index contributed by atoms with van der Waals surface area (Å²) in [6.07, 6.45) is 7.55. The maximum Gasteiger partial charge on any atom is 0.249 e. The van der Waals surface area contributed by atoms with Gasteiger partial charge in [0.05, 0.1) is 0 Å². The molecule has 0 unspecified atom stereocenters. The second-order valence-corrected chi connectivity index (χ2v) is 7.67. The lowest BCUT2D eigenvalue weighted by Crippen LogP contribution is -2.56. The molecule has 0 bridgehead atoms. The minimum Gasteiger partial charge on any atom is -0.369 e. The molecular formula is C21H28FN3O. The van der Waals surface area contributed by atoms with Crippen LogP contribution in [0.2, 0.25) is 0 Å². The van der Waals surface area contributed by atoms with Gasteiger partial charge in [0.25, 0.3) is 0 Å². The summed E-state index contributed by atoms with van der Waals surface area (Å²) in [5.41, 5.74) is 2.13. The van der Waals surface area contributed by atoms with Crippen molar-refractivity contribution >= 4 is 11.6 Å². The number of nitrogens with zero attached hydrogens (tertiary/aromatic N) is 3. The van der Waals surface area contributed by atoms with Crippen LogP contribution in [0.4, 0.5) is 10.1 Å². The van der Waals surface area contributed by atoms with Gasteiger partial charge < -0.3 is 9.80 Å². The molecule has 4 rings (SSSR count). The Kier molecular flexibility index (Phi) is 5.25. The molecule has 140 valence electrons. The van der Waals surface area contributed by atoms with Gasteiger partial charge in [-0.1, -0.05) is 6.08 Å². The van der Waals surface area contributed by atoms with Gasteiger partial charge in [-0.05, 0) is 56.4 Å². The van der Waals surface area contributed by atoms with E-state index in [4.69, 9.17) is 0 Å². The molecule has 0 N–H and O–H groups in total. The van der Waals surface area contributed by atoms with E-state index in [2.05, 4.69) is 20.8 Å². The van der Waals surface area contributed by atoms with Gasteiger partial charge in [0.1, 0.15) is 5.82 Å². The number of likely N-dealkylation sites (tertiary alicyclic amines) is 1. The Morgan fingerprint density at radius 2 is 1.77 bits per heavy atom. The van der Waals surface area contributed by atoms with Crippen molar-refractivity contribution in [2.24, 2.45) is 0 Å². The first kappa shape index (κ1) is 17.5. The zero-order valence-corrected chi connectivity index (χ0v) is 15.4. The molecule has 1 aromatic carbocycles. The predicted octanol–water partition coefficient (Wildman–Crippen LogP) is 3.05. The van der Waals surface area contributed by atoms with Crippen molar-refractivity contribution in [3.63, 3.8) is 0 Å². The quantitative estimate of drug-likeness (QED) is 0.832. The molecule has 0 aromatic heterocycles. The molecule has 0 spiro atoms. The molecule has 26 heavy (non-hydrogen) atoms. The molecule has 1 aliphatic carbocycles. The van der Waals surface area contributed by atoms with Gasteiger partial charge >= 0.3 is 0 Å². The monoisotopic (exact) mass is 357 g/mol. The standard InChI is InChI=1S/C21H28FN3O/c22-18-7-9-19(10-8-18)23-12-14-24(15-13-23)20-6-3-11-25(16-20)21(26)17-4-1-2-5-17/h4,7-10,20H,1-3,5-6,11-16H2/t20-/m1/s1. The number of anilines is 1. The fourth-order valence-corrected chi connectivity index (χ4v) is 4.50. The van der Waals surface area contributed by atoms with E-state index in [9.17, 15) is 9.18 Å². The van der Waals surface area contributed by atoms with Crippen molar-refractivity contribution in [2.75, 3.05) is 44.2 Å². The largest absolute Gasteiger partial charge is 0.369 e. The van der Waals surface area contributed by atoms with Crippen molar-refractivity contribution in [1.29, 1.82) is 0 Å². The Morgan fingerprint density at radius 3 is 2.46 bits per heavy atom. The van der Waals surface area contributed by atoms with Crippen LogP contribution in [0.3, 0.4) is 0 Å². The molecule has 2 heterocycles. The van der Waals surface area contributed by atoms with Crippen LogP contribution in [-0.2, 0) is 4.79 Å². The molecule has 3 aliphatic rings. The number of carbonyl (C=O) groups is 1. The van der Waals surface area contributed by atoms with E-state index in [-0.39, 0.29) is 11.7 Å². The topological polar surface area (TPSA) is 26.8 Å². The Labute approximate surface area is 155 Å². The average molecular weight is 357 g/mol. The maximum atomic E-state index is 13.1. The highest BCUT2D eigenvalue weighted by molar-refractivity contribution is 5.93. The van der Waals surface area contributed by atoms with Crippen molar-refractivity contribution in [2.45, 2.75) is 38.1 Å². The lowest BCUT2D eigenvalue weighted by atomic mass is 10.0. The summed E-state index contributed by atoms with van der Waals surface area (Å²) in [5.74, 6) is 0.0916. The minimum atomic E-state index is -0.184. The van der Waals surface area contributed by atoms with Crippen molar-refractivity contribution in [3.8, 4) is 0 Å². The zero-order valence-electron chi connectivity index (χ0n) is 15.4. The zero-order chi connectivity index (χ0) is 17.9. The number of amides is 1. The number of carbonyl (C=O) groups excluding carboxylic acids is 1. The second kappa shape index (κ2) is 7.78. The maximum absolute atomic E-state index is 13.1. The highest BCUT2D eigenvalue weighted by Gasteiger charge is 2.31. The van der Waals surface area contributed by atoms with E-state index in [0.29, 0.717) is 6.04 Å². The molecule has 5 heteroatoms. The molecule has 2 fully saturated rings. The van der Waals surface area contributed by atoms with Crippen LogP contribution in [0.15, 0.2) is 35.9 Å². The van der Waals surface area contributed by atoms with Gasteiger partial charge in [0.2, 0.25) is 5.91 Å². The van der Waals surface area contributed by atoms with Crippen molar-refractivity contribution in [1.82, 2.24) is 9.80 Å². The number of piperazine rings is 1. The van der Waals surface area contributed by atoms with Crippen molar-refractivity contribution < 1.29 is 9.18 Å². The van der Waals surface area contributed by atoms with Gasteiger partial charge in [-0.25, -0.2) is 4.39 Å². The molecule has 1 atom stereocenters. The van der Waals surface area contributed by atoms with Crippen LogP contribution >= 0.6 is 0 Å². The third kappa shape index (κ3) is 3.78. The van der Waals surface area contributed by atoms with E-state index in [1.807, 2.05) is 12.1 Å². The summed E-state index contributed by atoms with van der Waals surface area (Å²) in [4.78, 5) is 19.6. The Balaban J connectivity index is 1.32. The first-order chi connectivity index (χ1) is 12.7. The Hall–Kier alpha value is -1.88. The third-order valence-corrected chi connectivity index (χ3v) is 6.02. The number of halogens is 1. The van der Waals surface area contributed by atoms with Crippen LogP contribution in [-0.4, -0.2) is 61.0 Å². The minimum absolute atomic E-state index is 0.184. The molecule has 1 aromatic rings. The van der Waals surface area contributed by atoms with Crippen LogP contribution < -0.4 is 4.90 Å². The van der Waals surface area contributed by atoms with E-state index >= 15 is 0 Å². The van der Waals surface area contributed by atoms with Gasteiger partial charge in [0.15, 0.2) is 0 Å². The summed E-state index contributed by atoms with van der Waals surface area (Å²) in [6, 6.07) is 7.27. The first-order valence-corrected chi connectivity index (χ1v) is 9.93. The highest BCUT2D eigenvalue weighted by Crippen LogP contribution is 2.25. The summed E-state index contributed by atoms with van der Waals surface area (Å²) in [6.45, 7) is 5.71. The molecule has 2 saturated heterocycles. The van der Waals surface area contributed by atoms with E-state index in [1.165, 1.54) is 18.6 Å². The van der Waals surface area contributed by atoms with E-state index in [0.717, 1.165) is 76.2 Å². The smallest absolute Gasteiger partial charge is 0.249 e. The number of piperidine rings is 1. The first-order valence-electron chi connectivity index (χ1n) is 9.93. The number of benzene rings is 1. The molecule has 0 saturated carbocycles. The number of rotatable bonds is 3. The number of hydrogen-bond acceptors (Lipinski definition) is 3. The summed E-state index contributed by atoms with van der Waals surface area (Å²) in [5, 5.41) is 0. The molecule has 4 nitrogen and oxygen atoms in total. The lowest BCUT2D eigenvalue weighted by Gasteiger charge is -2.44. The van der Waals surface area contributed by atoms with E-state index < -0.39 is 0 Å². The molecule has 0 radical (unpaired) electrons. The van der Waals surface area contributed by atoms with Crippen LogP contribution in [0.1, 0.15) is 32.1 Å². The van der Waals surface area contributed by atoms with Crippen LogP contribution in [0.25, 0.3) is 0 Å². The molecular weight excluding hydrogens is 329 g/mol. The Morgan fingerprint density at radius 1 is 1.00 bits per heavy atom. The van der Waals surface area contributed by atoms with Gasteiger partial charge in [-0.15, -0.1) is 0 Å². The summed E-state index contributed by atoms with van der Waals surface area (Å²) in [7, 11) is 0. The molecule has 1 amide bonds. The van der Waals surface area contributed by atoms with Gasteiger partial charge in [-0.2, -0.15) is 0 Å². The fourth-order valence-electron chi connectivity index (χ4n) is 4.50. The predicted molar refractivity (Wildman–Crippen MR) is 102 cm³/mol. The van der Waals surface area contributed by atoms with Gasteiger partial charge in [0, 0.05) is 56.6 Å². The highest BCUT2D eigenvalue weighted by atomic mass is 19.1. The number of hydrogen-bond donors (Lipinski definition) is 0. The second-order valence-electron chi connectivity index (χ2n) is 7.67.